The van der Waals surface area contributed by atoms with Crippen LogP contribution in [0.2, 0.25) is 10.0 Å². The number of pyridine rings is 1. The second kappa shape index (κ2) is 5.19. The predicted octanol–water partition coefficient (Wildman–Crippen LogP) is 3.97. The topological polar surface area (TPSA) is 22.1 Å². The van der Waals surface area contributed by atoms with Crippen LogP contribution in [0.15, 0.2) is 42.6 Å². The Balaban J connectivity index is 2.05. The molecule has 82 valence electrons. The van der Waals surface area contributed by atoms with Crippen LogP contribution in [0.25, 0.3) is 0 Å². The smallest absolute Gasteiger partial charge is 0.213 e. The summed E-state index contributed by atoms with van der Waals surface area (Å²) < 4.78 is 5.47. The molecule has 1 heterocycles. The molecule has 0 saturated carbocycles. The molecule has 2 aromatic rings. The second-order valence-electron chi connectivity index (χ2n) is 3.19. The molecule has 0 spiro atoms. The molecular formula is C12H9Cl2NO. The van der Waals surface area contributed by atoms with Gasteiger partial charge in [-0.2, -0.15) is 0 Å². The summed E-state index contributed by atoms with van der Waals surface area (Å²) in [5.41, 5.74) is 0.886. The van der Waals surface area contributed by atoms with E-state index in [1.165, 1.54) is 0 Å². The molecule has 0 unspecified atom stereocenters. The van der Waals surface area contributed by atoms with Gasteiger partial charge in [0.15, 0.2) is 0 Å². The number of hydrogen-bond donors (Lipinski definition) is 0. The van der Waals surface area contributed by atoms with E-state index in [1.807, 2.05) is 18.2 Å². The number of rotatable bonds is 3. The third-order valence-corrected chi connectivity index (χ3v) is 2.62. The minimum absolute atomic E-state index is 0.382. The van der Waals surface area contributed by atoms with Gasteiger partial charge in [0, 0.05) is 27.9 Å². The lowest BCUT2D eigenvalue weighted by Gasteiger charge is -2.06. The molecule has 0 saturated heterocycles. The van der Waals surface area contributed by atoms with E-state index in [0.717, 1.165) is 5.56 Å². The molecule has 2 rings (SSSR count). The molecule has 0 bridgehead atoms. The van der Waals surface area contributed by atoms with E-state index in [2.05, 4.69) is 4.98 Å². The van der Waals surface area contributed by atoms with Crippen LogP contribution >= 0.6 is 23.2 Å². The van der Waals surface area contributed by atoms with E-state index in [9.17, 15) is 0 Å². The van der Waals surface area contributed by atoms with Crippen LogP contribution in [0, 0.1) is 0 Å². The number of nitrogens with zero attached hydrogens (tertiary/aromatic N) is 1. The van der Waals surface area contributed by atoms with Crippen LogP contribution in [0.3, 0.4) is 0 Å². The zero-order valence-electron chi connectivity index (χ0n) is 8.36. The third kappa shape index (κ3) is 2.87. The first kappa shape index (κ1) is 11.2. The van der Waals surface area contributed by atoms with Crippen LogP contribution in [-0.2, 0) is 6.61 Å². The molecule has 0 atom stereocenters. The summed E-state index contributed by atoms with van der Waals surface area (Å²) in [5.74, 6) is 0.577. The Kier molecular flexibility index (Phi) is 3.65. The van der Waals surface area contributed by atoms with Crippen molar-refractivity contribution in [2.24, 2.45) is 0 Å². The first-order valence-electron chi connectivity index (χ1n) is 4.73. The molecule has 0 aliphatic heterocycles. The van der Waals surface area contributed by atoms with Crippen molar-refractivity contribution >= 4 is 23.2 Å². The molecule has 0 amide bonds. The number of ether oxygens (including phenoxy) is 1. The lowest BCUT2D eigenvalue weighted by molar-refractivity contribution is 0.294. The average Bonchev–Trinajstić information content (AvgIpc) is 2.29. The van der Waals surface area contributed by atoms with Crippen LogP contribution in [0.5, 0.6) is 5.88 Å². The van der Waals surface area contributed by atoms with Crippen molar-refractivity contribution in [2.45, 2.75) is 6.61 Å². The van der Waals surface area contributed by atoms with Crippen molar-refractivity contribution in [3.8, 4) is 5.88 Å². The SMILES string of the molecule is Clc1ccc(COc2ccccn2)c(Cl)c1. The van der Waals surface area contributed by atoms with Gasteiger partial charge < -0.3 is 4.74 Å². The number of halogens is 2. The molecule has 4 heteroatoms. The fourth-order valence-corrected chi connectivity index (χ4v) is 1.69. The van der Waals surface area contributed by atoms with Gasteiger partial charge in [-0.1, -0.05) is 35.3 Å². The zero-order chi connectivity index (χ0) is 11.4. The molecule has 0 radical (unpaired) electrons. The van der Waals surface area contributed by atoms with Crippen LogP contribution < -0.4 is 4.74 Å². The maximum Gasteiger partial charge on any atom is 0.213 e. The summed E-state index contributed by atoms with van der Waals surface area (Å²) >= 11 is 11.8. The van der Waals surface area contributed by atoms with Crippen molar-refractivity contribution in [3.63, 3.8) is 0 Å². The molecular weight excluding hydrogens is 245 g/mol. The van der Waals surface area contributed by atoms with Gasteiger partial charge in [-0.25, -0.2) is 4.98 Å². The first-order chi connectivity index (χ1) is 7.75. The van der Waals surface area contributed by atoms with Crippen molar-refractivity contribution in [1.29, 1.82) is 0 Å². The third-order valence-electron chi connectivity index (χ3n) is 2.03. The van der Waals surface area contributed by atoms with E-state index >= 15 is 0 Å². The zero-order valence-corrected chi connectivity index (χ0v) is 9.87. The van der Waals surface area contributed by atoms with Gasteiger partial charge in [0.25, 0.3) is 0 Å². The summed E-state index contributed by atoms with van der Waals surface area (Å²) in [4.78, 5) is 4.05. The summed E-state index contributed by atoms with van der Waals surface area (Å²) in [6, 6.07) is 10.8. The number of hydrogen-bond acceptors (Lipinski definition) is 2. The van der Waals surface area contributed by atoms with E-state index in [-0.39, 0.29) is 0 Å². The van der Waals surface area contributed by atoms with Gasteiger partial charge in [0.1, 0.15) is 6.61 Å². The van der Waals surface area contributed by atoms with Gasteiger partial charge in [0.2, 0.25) is 5.88 Å². The Bertz CT molecular complexity index is 474. The molecule has 0 fully saturated rings. The quantitative estimate of drug-likeness (QED) is 0.826. The Morgan fingerprint density at radius 1 is 1.12 bits per heavy atom. The highest BCUT2D eigenvalue weighted by molar-refractivity contribution is 6.35. The largest absolute Gasteiger partial charge is 0.473 e. The van der Waals surface area contributed by atoms with Gasteiger partial charge in [-0.05, 0) is 18.2 Å². The molecule has 1 aromatic heterocycles. The molecule has 0 aliphatic carbocycles. The minimum Gasteiger partial charge on any atom is -0.473 e. The van der Waals surface area contributed by atoms with Crippen molar-refractivity contribution in [2.75, 3.05) is 0 Å². The second-order valence-corrected chi connectivity index (χ2v) is 4.04. The van der Waals surface area contributed by atoms with E-state index in [0.29, 0.717) is 22.5 Å². The summed E-state index contributed by atoms with van der Waals surface area (Å²) in [6.07, 6.45) is 1.68. The predicted molar refractivity (Wildman–Crippen MR) is 65.0 cm³/mol. The summed E-state index contributed by atoms with van der Waals surface area (Å²) in [5, 5.41) is 1.22. The minimum atomic E-state index is 0.382. The normalized spacial score (nSPS) is 10.1. The van der Waals surface area contributed by atoms with E-state index in [4.69, 9.17) is 27.9 Å². The highest BCUT2D eigenvalue weighted by Crippen LogP contribution is 2.22. The number of benzene rings is 1. The van der Waals surface area contributed by atoms with Crippen molar-refractivity contribution in [3.05, 3.63) is 58.2 Å². The van der Waals surface area contributed by atoms with Gasteiger partial charge in [0.05, 0.1) is 0 Å². The molecule has 0 N–H and O–H groups in total. The van der Waals surface area contributed by atoms with E-state index in [1.54, 1.807) is 24.4 Å². The highest BCUT2D eigenvalue weighted by atomic mass is 35.5. The summed E-state index contributed by atoms with van der Waals surface area (Å²) in [7, 11) is 0. The molecule has 16 heavy (non-hydrogen) atoms. The van der Waals surface area contributed by atoms with Crippen LogP contribution in [-0.4, -0.2) is 4.98 Å². The maximum atomic E-state index is 6.01. The van der Waals surface area contributed by atoms with E-state index < -0.39 is 0 Å². The Hall–Kier alpha value is -1.25. The Morgan fingerprint density at radius 2 is 2.00 bits per heavy atom. The van der Waals surface area contributed by atoms with Crippen molar-refractivity contribution < 1.29 is 4.74 Å². The van der Waals surface area contributed by atoms with Gasteiger partial charge in [-0.3, -0.25) is 0 Å². The fourth-order valence-electron chi connectivity index (χ4n) is 1.22. The summed E-state index contributed by atoms with van der Waals surface area (Å²) in [6.45, 7) is 0.382. The lowest BCUT2D eigenvalue weighted by Crippen LogP contribution is -1.97. The van der Waals surface area contributed by atoms with Gasteiger partial charge >= 0.3 is 0 Å². The van der Waals surface area contributed by atoms with Crippen LogP contribution in [0.4, 0.5) is 0 Å². The fraction of sp³-hybridized carbons (Fsp3) is 0.0833. The van der Waals surface area contributed by atoms with Crippen LogP contribution in [0.1, 0.15) is 5.56 Å². The first-order valence-corrected chi connectivity index (χ1v) is 5.49. The monoisotopic (exact) mass is 253 g/mol. The highest BCUT2D eigenvalue weighted by Gasteiger charge is 2.02. The average molecular weight is 254 g/mol. The standard InChI is InChI=1S/C12H9Cl2NO/c13-10-5-4-9(11(14)7-10)8-16-12-3-1-2-6-15-12/h1-7H,8H2. The van der Waals surface area contributed by atoms with Crippen molar-refractivity contribution in [1.82, 2.24) is 4.98 Å². The molecule has 2 nitrogen and oxygen atoms in total. The molecule has 0 aliphatic rings. The van der Waals surface area contributed by atoms with Gasteiger partial charge in [-0.15, -0.1) is 0 Å². The Labute approximate surface area is 104 Å². The maximum absolute atomic E-state index is 6.01. The lowest BCUT2D eigenvalue weighted by atomic mass is 10.2. The molecule has 1 aromatic carbocycles. The Morgan fingerprint density at radius 3 is 2.69 bits per heavy atom. The number of aromatic nitrogens is 1.